The maximum absolute atomic E-state index is 13.8. The van der Waals surface area contributed by atoms with Crippen molar-refractivity contribution in [2.45, 2.75) is 0 Å². The highest BCUT2D eigenvalue weighted by Gasteiger charge is 2.09. The van der Waals surface area contributed by atoms with Gasteiger partial charge in [-0.3, -0.25) is 0 Å². The summed E-state index contributed by atoms with van der Waals surface area (Å²) in [6, 6.07) is 8.49. The zero-order valence-corrected chi connectivity index (χ0v) is 12.1. The molecule has 0 spiro atoms. The quantitative estimate of drug-likeness (QED) is 0.860. The molecule has 2 rings (SSSR count). The summed E-state index contributed by atoms with van der Waals surface area (Å²) >= 11 is 0. The first-order valence-corrected chi connectivity index (χ1v) is 6.60. The molecule has 21 heavy (non-hydrogen) atoms. The van der Waals surface area contributed by atoms with Gasteiger partial charge < -0.3 is 15.4 Å². The van der Waals surface area contributed by atoms with Crippen molar-refractivity contribution in [2.75, 3.05) is 33.0 Å². The normalized spacial score (nSPS) is 10.9. The molecule has 0 heterocycles. The highest BCUT2D eigenvalue weighted by Crippen LogP contribution is 2.30. The van der Waals surface area contributed by atoms with Crippen LogP contribution in [-0.2, 0) is 0 Å². The van der Waals surface area contributed by atoms with E-state index in [9.17, 15) is 8.78 Å². The van der Waals surface area contributed by atoms with E-state index in [2.05, 4.69) is 0 Å². The van der Waals surface area contributed by atoms with Crippen LogP contribution in [0.5, 0.6) is 5.75 Å². The Morgan fingerprint density at radius 3 is 2.52 bits per heavy atom. The minimum absolute atomic E-state index is 0.314. The van der Waals surface area contributed by atoms with Gasteiger partial charge in [0.2, 0.25) is 0 Å². The number of likely N-dealkylation sites (N-methyl/N-ethyl adjacent to an activating group) is 1. The van der Waals surface area contributed by atoms with Crippen molar-refractivity contribution in [3.63, 3.8) is 0 Å². The molecule has 2 aromatic carbocycles. The van der Waals surface area contributed by atoms with Crippen LogP contribution in [0.15, 0.2) is 36.4 Å². The van der Waals surface area contributed by atoms with Gasteiger partial charge in [-0.05, 0) is 43.9 Å². The van der Waals surface area contributed by atoms with Crippen LogP contribution in [0.3, 0.4) is 0 Å². The summed E-state index contributed by atoms with van der Waals surface area (Å²) in [5.74, 6) is -0.716. The van der Waals surface area contributed by atoms with Crippen molar-refractivity contribution in [3.8, 4) is 16.9 Å². The molecule has 0 fully saturated rings. The Morgan fingerprint density at radius 1 is 1.10 bits per heavy atom. The van der Waals surface area contributed by atoms with Gasteiger partial charge >= 0.3 is 0 Å². The highest BCUT2D eigenvalue weighted by atomic mass is 19.1. The molecule has 0 amide bonds. The van der Waals surface area contributed by atoms with Crippen molar-refractivity contribution >= 4 is 5.69 Å². The molecular weight excluding hydrogens is 274 g/mol. The Bertz CT molecular complexity index is 630. The molecule has 2 aromatic rings. The maximum Gasteiger partial charge on any atom is 0.142 e. The predicted octanol–water partition coefficient (Wildman–Crippen LogP) is 3.15. The molecule has 0 aromatic heterocycles. The van der Waals surface area contributed by atoms with Crippen molar-refractivity contribution in [3.05, 3.63) is 48.0 Å². The van der Waals surface area contributed by atoms with E-state index in [1.54, 1.807) is 18.2 Å². The molecule has 0 atom stereocenters. The smallest absolute Gasteiger partial charge is 0.142 e. The van der Waals surface area contributed by atoms with Crippen molar-refractivity contribution in [1.82, 2.24) is 4.90 Å². The van der Waals surface area contributed by atoms with Crippen LogP contribution < -0.4 is 10.5 Å². The van der Waals surface area contributed by atoms with Crippen LogP contribution in [-0.4, -0.2) is 32.1 Å². The third-order valence-electron chi connectivity index (χ3n) is 3.05. The van der Waals surface area contributed by atoms with Crippen LogP contribution in [0.4, 0.5) is 14.5 Å². The van der Waals surface area contributed by atoms with Crippen molar-refractivity contribution in [1.29, 1.82) is 0 Å². The van der Waals surface area contributed by atoms with E-state index in [0.29, 0.717) is 29.2 Å². The molecule has 0 saturated carbocycles. The fraction of sp³-hybridized carbons (Fsp3) is 0.250. The second-order valence-corrected chi connectivity index (χ2v) is 5.03. The van der Waals surface area contributed by atoms with E-state index in [0.717, 1.165) is 12.6 Å². The number of halogens is 2. The molecule has 0 unspecified atom stereocenters. The largest absolute Gasteiger partial charge is 0.490 e. The van der Waals surface area contributed by atoms with Gasteiger partial charge in [0.25, 0.3) is 0 Å². The van der Waals surface area contributed by atoms with E-state index in [4.69, 9.17) is 10.5 Å². The van der Waals surface area contributed by atoms with E-state index in [-0.39, 0.29) is 0 Å². The lowest BCUT2D eigenvalue weighted by atomic mass is 10.0. The van der Waals surface area contributed by atoms with E-state index in [1.165, 1.54) is 12.1 Å². The minimum Gasteiger partial charge on any atom is -0.490 e. The van der Waals surface area contributed by atoms with E-state index < -0.39 is 11.6 Å². The summed E-state index contributed by atoms with van der Waals surface area (Å²) in [5, 5.41) is 0. The summed E-state index contributed by atoms with van der Waals surface area (Å²) < 4.78 is 32.4. The number of hydrogen-bond acceptors (Lipinski definition) is 3. The molecular formula is C16H18F2N2O. The Hall–Kier alpha value is -2.14. The Labute approximate surface area is 122 Å². The monoisotopic (exact) mass is 292 g/mol. The van der Waals surface area contributed by atoms with Gasteiger partial charge in [0.15, 0.2) is 0 Å². The number of benzene rings is 2. The van der Waals surface area contributed by atoms with Crippen LogP contribution in [0, 0.1) is 11.6 Å². The average molecular weight is 292 g/mol. The number of rotatable bonds is 5. The summed E-state index contributed by atoms with van der Waals surface area (Å²) in [5.41, 5.74) is 7.25. The number of anilines is 1. The van der Waals surface area contributed by atoms with Crippen molar-refractivity contribution < 1.29 is 13.5 Å². The van der Waals surface area contributed by atoms with Gasteiger partial charge in [-0.1, -0.05) is 6.07 Å². The van der Waals surface area contributed by atoms with E-state index >= 15 is 0 Å². The second kappa shape index (κ2) is 6.54. The van der Waals surface area contributed by atoms with Gasteiger partial charge in [0.05, 0.1) is 5.69 Å². The van der Waals surface area contributed by atoms with Gasteiger partial charge in [0.1, 0.15) is 24.0 Å². The lowest BCUT2D eigenvalue weighted by Crippen LogP contribution is -2.19. The van der Waals surface area contributed by atoms with Crippen LogP contribution in [0.2, 0.25) is 0 Å². The number of ether oxygens (including phenoxy) is 1. The molecule has 2 N–H and O–H groups in total. The number of hydrogen-bond donors (Lipinski definition) is 1. The van der Waals surface area contributed by atoms with Crippen molar-refractivity contribution in [2.24, 2.45) is 0 Å². The Morgan fingerprint density at radius 2 is 1.86 bits per heavy atom. The first-order chi connectivity index (χ1) is 9.97. The Kier molecular flexibility index (Phi) is 4.75. The number of nitrogens with two attached hydrogens (primary N) is 1. The van der Waals surface area contributed by atoms with Gasteiger partial charge in [0, 0.05) is 18.2 Å². The molecule has 0 aliphatic rings. The SMILES string of the molecule is CN(C)CCOc1cc(-c2ccc(F)cc2F)ccc1N. The summed E-state index contributed by atoms with van der Waals surface area (Å²) in [6.07, 6.45) is 0. The molecule has 112 valence electrons. The second-order valence-electron chi connectivity index (χ2n) is 5.03. The lowest BCUT2D eigenvalue weighted by molar-refractivity contribution is 0.262. The zero-order valence-electron chi connectivity index (χ0n) is 12.1. The minimum atomic E-state index is -0.612. The first kappa shape index (κ1) is 15.3. The first-order valence-electron chi connectivity index (χ1n) is 6.60. The summed E-state index contributed by atoms with van der Waals surface area (Å²) in [7, 11) is 3.88. The zero-order chi connectivity index (χ0) is 15.4. The molecule has 0 bridgehead atoms. The summed E-state index contributed by atoms with van der Waals surface area (Å²) in [4.78, 5) is 1.99. The van der Waals surface area contributed by atoms with Gasteiger partial charge in [-0.15, -0.1) is 0 Å². The van der Waals surface area contributed by atoms with Crippen LogP contribution >= 0.6 is 0 Å². The van der Waals surface area contributed by atoms with Crippen LogP contribution in [0.25, 0.3) is 11.1 Å². The molecule has 0 radical (unpaired) electrons. The number of nitrogens with zero attached hydrogens (tertiary/aromatic N) is 1. The third-order valence-corrected chi connectivity index (χ3v) is 3.05. The molecule has 5 heteroatoms. The predicted molar refractivity (Wildman–Crippen MR) is 80.3 cm³/mol. The van der Waals surface area contributed by atoms with Gasteiger partial charge in [-0.25, -0.2) is 8.78 Å². The fourth-order valence-corrected chi connectivity index (χ4v) is 1.89. The standard InChI is InChI=1S/C16H18F2N2O/c1-20(2)7-8-21-16-9-11(3-6-15(16)19)13-5-4-12(17)10-14(13)18/h3-6,9-10H,7-8,19H2,1-2H3. The molecule has 0 saturated heterocycles. The Balaban J connectivity index is 2.25. The maximum atomic E-state index is 13.8. The summed E-state index contributed by atoms with van der Waals surface area (Å²) in [6.45, 7) is 1.22. The molecule has 0 aliphatic carbocycles. The van der Waals surface area contributed by atoms with E-state index in [1.807, 2.05) is 19.0 Å². The topological polar surface area (TPSA) is 38.5 Å². The lowest BCUT2D eigenvalue weighted by Gasteiger charge is -2.14. The molecule has 0 aliphatic heterocycles. The highest BCUT2D eigenvalue weighted by molar-refractivity contribution is 5.70. The average Bonchev–Trinajstić information content (AvgIpc) is 2.41. The number of nitrogen functional groups attached to an aromatic ring is 1. The third kappa shape index (κ3) is 3.92. The van der Waals surface area contributed by atoms with Crippen LogP contribution in [0.1, 0.15) is 0 Å². The molecule has 3 nitrogen and oxygen atoms in total. The fourth-order valence-electron chi connectivity index (χ4n) is 1.89. The van der Waals surface area contributed by atoms with Gasteiger partial charge in [-0.2, -0.15) is 0 Å².